The standard InChI is InChI=1S/C9H13F3N4/c1-5(9(10,11)12)14-7(3)16-8(4)15-6(2)13/h13H,1-4H3. The largest absolute Gasteiger partial charge is 0.429 e. The van der Waals surface area contributed by atoms with E-state index in [4.69, 9.17) is 5.41 Å². The maximum Gasteiger partial charge on any atom is 0.429 e. The van der Waals surface area contributed by atoms with Crippen LogP contribution in [0.1, 0.15) is 27.7 Å². The van der Waals surface area contributed by atoms with E-state index in [-0.39, 0.29) is 17.5 Å². The topological polar surface area (TPSA) is 60.9 Å². The van der Waals surface area contributed by atoms with Gasteiger partial charge in [0.15, 0.2) is 0 Å². The summed E-state index contributed by atoms with van der Waals surface area (Å²) >= 11 is 0. The summed E-state index contributed by atoms with van der Waals surface area (Å²) in [5, 5.41) is 7.04. The van der Waals surface area contributed by atoms with Crippen LogP contribution in [0.3, 0.4) is 0 Å². The minimum absolute atomic E-state index is 0.0329. The summed E-state index contributed by atoms with van der Waals surface area (Å²) in [5.74, 6) is 0.187. The molecule has 90 valence electrons. The SMILES string of the molecule is CC(=N)N=C(C)N=C(C)N=C(C)C(F)(F)F. The lowest BCUT2D eigenvalue weighted by molar-refractivity contribution is -0.0590. The molecule has 16 heavy (non-hydrogen) atoms. The molecule has 0 fully saturated rings. The smallest absolute Gasteiger partial charge is 0.287 e. The summed E-state index contributed by atoms with van der Waals surface area (Å²) in [5.41, 5.74) is -0.965. The molecular formula is C9H13F3N4. The fourth-order valence-electron chi connectivity index (χ4n) is 0.833. The Morgan fingerprint density at radius 1 is 0.875 bits per heavy atom. The Balaban J connectivity index is 4.90. The second-order valence-corrected chi connectivity index (χ2v) is 3.10. The third-order valence-electron chi connectivity index (χ3n) is 1.39. The zero-order chi connectivity index (χ0) is 12.9. The van der Waals surface area contributed by atoms with Crippen LogP contribution >= 0.6 is 0 Å². The first-order chi connectivity index (χ1) is 7.12. The quantitative estimate of drug-likeness (QED) is 0.495. The van der Waals surface area contributed by atoms with Gasteiger partial charge in [-0.1, -0.05) is 0 Å². The number of halogens is 3. The van der Waals surface area contributed by atoms with E-state index in [2.05, 4.69) is 15.0 Å². The maximum absolute atomic E-state index is 12.1. The highest BCUT2D eigenvalue weighted by atomic mass is 19.4. The fraction of sp³-hybridized carbons (Fsp3) is 0.556. The van der Waals surface area contributed by atoms with Crippen LogP contribution in [-0.4, -0.2) is 29.4 Å². The molecule has 0 radical (unpaired) electrons. The van der Waals surface area contributed by atoms with Gasteiger partial charge in [-0.15, -0.1) is 0 Å². The number of hydrogen-bond acceptors (Lipinski definition) is 1. The van der Waals surface area contributed by atoms with Crippen LogP contribution < -0.4 is 0 Å². The highest BCUT2D eigenvalue weighted by Crippen LogP contribution is 2.16. The van der Waals surface area contributed by atoms with Gasteiger partial charge >= 0.3 is 6.18 Å². The van der Waals surface area contributed by atoms with Crippen LogP contribution in [0, 0.1) is 5.41 Å². The molecule has 0 atom stereocenters. The van der Waals surface area contributed by atoms with Crippen molar-refractivity contribution in [3.05, 3.63) is 0 Å². The lowest BCUT2D eigenvalue weighted by atomic mass is 10.4. The minimum Gasteiger partial charge on any atom is -0.287 e. The normalized spacial score (nSPS) is 15.3. The summed E-state index contributed by atoms with van der Waals surface area (Å²) in [4.78, 5) is 10.6. The zero-order valence-corrected chi connectivity index (χ0v) is 9.48. The average Bonchev–Trinajstić information content (AvgIpc) is 1.98. The number of aliphatic imine (C=N–C) groups is 3. The fourth-order valence-corrected chi connectivity index (χ4v) is 0.833. The second kappa shape index (κ2) is 5.53. The van der Waals surface area contributed by atoms with Crippen molar-refractivity contribution < 1.29 is 13.2 Å². The molecule has 0 aromatic carbocycles. The molecule has 0 aliphatic rings. The van der Waals surface area contributed by atoms with Crippen LogP contribution in [0.15, 0.2) is 15.0 Å². The second-order valence-electron chi connectivity index (χ2n) is 3.10. The third kappa shape index (κ3) is 6.05. The molecule has 0 aromatic heterocycles. The van der Waals surface area contributed by atoms with Crippen molar-refractivity contribution in [2.75, 3.05) is 0 Å². The summed E-state index contributed by atoms with van der Waals surface area (Å²) in [7, 11) is 0. The van der Waals surface area contributed by atoms with E-state index < -0.39 is 11.9 Å². The Morgan fingerprint density at radius 2 is 1.31 bits per heavy atom. The van der Waals surface area contributed by atoms with Crippen LogP contribution in [0.2, 0.25) is 0 Å². The van der Waals surface area contributed by atoms with Gasteiger partial charge in [0, 0.05) is 0 Å². The molecular weight excluding hydrogens is 221 g/mol. The van der Waals surface area contributed by atoms with E-state index in [1.807, 2.05) is 0 Å². The monoisotopic (exact) mass is 234 g/mol. The number of hydrogen-bond donors (Lipinski definition) is 1. The van der Waals surface area contributed by atoms with Crippen molar-refractivity contribution in [3.8, 4) is 0 Å². The molecule has 0 unspecified atom stereocenters. The maximum atomic E-state index is 12.1. The first kappa shape index (κ1) is 14.5. The molecule has 0 aliphatic heterocycles. The summed E-state index contributed by atoms with van der Waals surface area (Å²) in [6.07, 6.45) is -4.45. The molecule has 0 saturated heterocycles. The van der Waals surface area contributed by atoms with E-state index >= 15 is 0 Å². The number of nitrogens with one attached hydrogen (secondary N) is 1. The highest BCUT2D eigenvalue weighted by molar-refractivity contribution is 6.04. The lowest BCUT2D eigenvalue weighted by Crippen LogP contribution is -2.20. The van der Waals surface area contributed by atoms with Crippen molar-refractivity contribution in [2.45, 2.75) is 33.9 Å². The van der Waals surface area contributed by atoms with E-state index in [1.165, 1.54) is 20.8 Å². The number of rotatable bonds is 0. The summed E-state index contributed by atoms with van der Waals surface area (Å²) < 4.78 is 36.3. The highest BCUT2D eigenvalue weighted by Gasteiger charge is 2.31. The molecule has 1 N–H and O–H groups in total. The van der Waals surface area contributed by atoms with Crippen LogP contribution in [0.25, 0.3) is 0 Å². The van der Waals surface area contributed by atoms with Crippen LogP contribution in [-0.2, 0) is 0 Å². The molecule has 0 amide bonds. The first-order valence-corrected chi connectivity index (χ1v) is 4.41. The molecule has 0 heterocycles. The Hall–Kier alpha value is -1.53. The van der Waals surface area contributed by atoms with Crippen molar-refractivity contribution in [2.24, 2.45) is 15.0 Å². The molecule has 0 aliphatic carbocycles. The Morgan fingerprint density at radius 3 is 1.69 bits per heavy atom. The summed E-state index contributed by atoms with van der Waals surface area (Å²) in [6.45, 7) is 5.14. The Bertz CT molecular complexity index is 363. The van der Waals surface area contributed by atoms with Gasteiger partial charge in [0.2, 0.25) is 0 Å². The van der Waals surface area contributed by atoms with Gasteiger partial charge in [0.25, 0.3) is 0 Å². The molecule has 0 aromatic rings. The van der Waals surface area contributed by atoms with Crippen molar-refractivity contribution in [1.82, 2.24) is 0 Å². The van der Waals surface area contributed by atoms with Crippen LogP contribution in [0.4, 0.5) is 13.2 Å². The van der Waals surface area contributed by atoms with Gasteiger partial charge in [-0.05, 0) is 27.7 Å². The number of amidine groups is 3. The molecule has 7 heteroatoms. The van der Waals surface area contributed by atoms with E-state index in [0.29, 0.717) is 0 Å². The zero-order valence-electron chi connectivity index (χ0n) is 9.48. The predicted octanol–water partition coefficient (Wildman–Crippen LogP) is 2.84. The minimum atomic E-state index is -4.45. The van der Waals surface area contributed by atoms with Gasteiger partial charge in [0.05, 0.1) is 0 Å². The Kier molecular flexibility index (Phi) is 5.00. The molecule has 0 bridgehead atoms. The van der Waals surface area contributed by atoms with Gasteiger partial charge < -0.3 is 0 Å². The lowest BCUT2D eigenvalue weighted by Gasteiger charge is -2.04. The Labute approximate surface area is 91.5 Å². The third-order valence-corrected chi connectivity index (χ3v) is 1.39. The van der Waals surface area contributed by atoms with E-state index in [1.54, 1.807) is 0 Å². The van der Waals surface area contributed by atoms with Gasteiger partial charge in [-0.3, -0.25) is 5.41 Å². The molecule has 4 nitrogen and oxygen atoms in total. The van der Waals surface area contributed by atoms with Crippen LogP contribution in [0.5, 0.6) is 0 Å². The van der Waals surface area contributed by atoms with E-state index in [0.717, 1.165) is 6.92 Å². The van der Waals surface area contributed by atoms with Crippen molar-refractivity contribution >= 4 is 23.2 Å². The van der Waals surface area contributed by atoms with Gasteiger partial charge in [-0.2, -0.15) is 13.2 Å². The number of alkyl halides is 3. The van der Waals surface area contributed by atoms with Crippen molar-refractivity contribution in [3.63, 3.8) is 0 Å². The molecule has 0 rings (SSSR count). The summed E-state index contributed by atoms with van der Waals surface area (Å²) in [6, 6.07) is 0. The predicted molar refractivity (Wildman–Crippen MR) is 58.8 cm³/mol. The van der Waals surface area contributed by atoms with Gasteiger partial charge in [-0.25, -0.2) is 15.0 Å². The van der Waals surface area contributed by atoms with Gasteiger partial charge in [0.1, 0.15) is 23.2 Å². The van der Waals surface area contributed by atoms with Crippen molar-refractivity contribution in [1.29, 1.82) is 5.41 Å². The first-order valence-electron chi connectivity index (χ1n) is 4.41. The number of nitrogens with zero attached hydrogens (tertiary/aromatic N) is 3. The average molecular weight is 234 g/mol. The molecule has 0 spiro atoms. The molecule has 0 saturated carbocycles. The van der Waals surface area contributed by atoms with E-state index in [9.17, 15) is 13.2 Å².